The van der Waals surface area contributed by atoms with Crippen molar-refractivity contribution in [1.29, 1.82) is 0 Å². The highest BCUT2D eigenvalue weighted by molar-refractivity contribution is 8.01. The molecule has 2 rings (SSSR count). The van der Waals surface area contributed by atoms with E-state index in [1.54, 1.807) is 12.3 Å². The molecule has 1 N–H and O–H groups in total. The number of rotatable bonds is 3. The predicted octanol–water partition coefficient (Wildman–Crippen LogP) is 2.17. The molecule has 0 saturated carbocycles. The van der Waals surface area contributed by atoms with E-state index >= 15 is 0 Å². The fraction of sp³-hybridized carbons (Fsp3) is 0.500. The third kappa shape index (κ3) is 1.66. The summed E-state index contributed by atoms with van der Waals surface area (Å²) in [6.45, 7) is 0. The number of thioether (sulfide) groups is 1. The van der Waals surface area contributed by atoms with E-state index in [0.717, 1.165) is 24.4 Å². The van der Waals surface area contributed by atoms with Gasteiger partial charge in [-0.25, -0.2) is 0 Å². The van der Waals surface area contributed by atoms with Crippen molar-refractivity contribution in [1.82, 2.24) is 0 Å². The van der Waals surface area contributed by atoms with Crippen molar-refractivity contribution in [3.8, 4) is 0 Å². The molecular weight excluding hydrogens is 200 g/mol. The Labute approximate surface area is 86.5 Å². The van der Waals surface area contributed by atoms with Crippen molar-refractivity contribution in [3.05, 3.63) is 24.2 Å². The van der Waals surface area contributed by atoms with Gasteiger partial charge in [0, 0.05) is 6.42 Å². The van der Waals surface area contributed by atoms with Crippen LogP contribution in [-0.4, -0.2) is 21.6 Å². The van der Waals surface area contributed by atoms with Gasteiger partial charge in [-0.2, -0.15) is 0 Å². The summed E-state index contributed by atoms with van der Waals surface area (Å²) in [6, 6.07) is 3.63. The van der Waals surface area contributed by atoms with E-state index in [9.17, 15) is 9.90 Å². The maximum Gasteiger partial charge on any atom is 0.320 e. The predicted molar refractivity (Wildman–Crippen MR) is 54.5 cm³/mol. The van der Waals surface area contributed by atoms with E-state index in [1.807, 2.05) is 6.07 Å². The van der Waals surface area contributed by atoms with Crippen LogP contribution in [0.4, 0.5) is 0 Å². The van der Waals surface area contributed by atoms with Gasteiger partial charge in [0.2, 0.25) is 0 Å². The Morgan fingerprint density at radius 3 is 3.07 bits per heavy atom. The molecule has 1 saturated heterocycles. The molecule has 0 amide bonds. The number of furan rings is 1. The van der Waals surface area contributed by atoms with Gasteiger partial charge in [-0.15, -0.1) is 11.8 Å². The molecule has 3 nitrogen and oxygen atoms in total. The third-order valence-electron chi connectivity index (χ3n) is 2.53. The third-order valence-corrected chi connectivity index (χ3v) is 4.10. The second-order valence-corrected chi connectivity index (χ2v) is 4.99. The zero-order chi connectivity index (χ0) is 10.0. The van der Waals surface area contributed by atoms with Gasteiger partial charge in [-0.1, -0.05) is 0 Å². The fourth-order valence-electron chi connectivity index (χ4n) is 1.78. The average Bonchev–Trinajstić information content (AvgIpc) is 2.76. The number of hydrogen-bond acceptors (Lipinski definition) is 3. The highest BCUT2D eigenvalue weighted by Gasteiger charge is 2.42. The van der Waals surface area contributed by atoms with Crippen LogP contribution in [0.1, 0.15) is 18.6 Å². The summed E-state index contributed by atoms with van der Waals surface area (Å²) in [5.41, 5.74) is 0. The minimum absolute atomic E-state index is 0.500. The summed E-state index contributed by atoms with van der Waals surface area (Å²) in [7, 11) is 0. The van der Waals surface area contributed by atoms with Crippen LogP contribution < -0.4 is 0 Å². The molecule has 0 radical (unpaired) electrons. The molecule has 2 heterocycles. The SMILES string of the molecule is O=C(O)C1(Cc2ccco2)CCCS1. The smallest absolute Gasteiger partial charge is 0.320 e. The van der Waals surface area contributed by atoms with Crippen molar-refractivity contribution in [3.63, 3.8) is 0 Å². The van der Waals surface area contributed by atoms with E-state index < -0.39 is 10.7 Å². The first-order chi connectivity index (χ1) is 6.73. The molecule has 1 aromatic heterocycles. The molecule has 1 unspecified atom stereocenters. The molecule has 1 aromatic rings. The molecule has 1 atom stereocenters. The second-order valence-electron chi connectivity index (χ2n) is 3.51. The van der Waals surface area contributed by atoms with Crippen LogP contribution in [0.2, 0.25) is 0 Å². The Kier molecular flexibility index (Phi) is 2.54. The lowest BCUT2D eigenvalue weighted by atomic mass is 9.98. The first-order valence-corrected chi connectivity index (χ1v) is 5.61. The molecule has 0 bridgehead atoms. The average molecular weight is 212 g/mol. The van der Waals surface area contributed by atoms with Crippen molar-refractivity contribution >= 4 is 17.7 Å². The van der Waals surface area contributed by atoms with Crippen LogP contribution >= 0.6 is 11.8 Å². The van der Waals surface area contributed by atoms with Crippen LogP contribution in [0.15, 0.2) is 22.8 Å². The van der Waals surface area contributed by atoms with Gasteiger partial charge in [0.25, 0.3) is 0 Å². The van der Waals surface area contributed by atoms with Gasteiger partial charge in [0.1, 0.15) is 10.5 Å². The quantitative estimate of drug-likeness (QED) is 0.834. The van der Waals surface area contributed by atoms with Crippen LogP contribution in [0.5, 0.6) is 0 Å². The van der Waals surface area contributed by atoms with E-state index in [4.69, 9.17) is 4.42 Å². The zero-order valence-electron chi connectivity index (χ0n) is 7.73. The molecule has 0 aromatic carbocycles. The van der Waals surface area contributed by atoms with Gasteiger partial charge in [0.15, 0.2) is 0 Å². The first kappa shape index (κ1) is 9.65. The van der Waals surface area contributed by atoms with E-state index in [2.05, 4.69) is 0 Å². The van der Waals surface area contributed by atoms with Crippen molar-refractivity contribution in [2.24, 2.45) is 0 Å². The Balaban J connectivity index is 2.16. The summed E-state index contributed by atoms with van der Waals surface area (Å²) in [5.74, 6) is 0.991. The number of carboxylic acids is 1. The standard InChI is InChI=1S/C10H12O3S/c11-9(12)10(4-2-6-14-10)7-8-3-1-5-13-8/h1,3,5H,2,4,6-7H2,(H,11,12). The van der Waals surface area contributed by atoms with Crippen molar-refractivity contribution < 1.29 is 14.3 Å². The van der Waals surface area contributed by atoms with Crippen LogP contribution in [0.25, 0.3) is 0 Å². The molecule has 0 spiro atoms. The van der Waals surface area contributed by atoms with E-state index in [1.165, 1.54) is 11.8 Å². The Morgan fingerprint density at radius 1 is 1.71 bits per heavy atom. The molecule has 14 heavy (non-hydrogen) atoms. The Hall–Kier alpha value is -0.900. The summed E-state index contributed by atoms with van der Waals surface area (Å²) in [6.07, 6.45) is 3.82. The lowest BCUT2D eigenvalue weighted by Gasteiger charge is -2.21. The summed E-state index contributed by atoms with van der Waals surface area (Å²) in [4.78, 5) is 11.2. The van der Waals surface area contributed by atoms with Crippen LogP contribution in [0, 0.1) is 0 Å². The topological polar surface area (TPSA) is 50.4 Å². The minimum Gasteiger partial charge on any atom is -0.480 e. The largest absolute Gasteiger partial charge is 0.480 e. The van der Waals surface area contributed by atoms with Crippen LogP contribution in [0.3, 0.4) is 0 Å². The molecule has 1 aliphatic heterocycles. The number of aliphatic carboxylic acids is 1. The maximum absolute atomic E-state index is 11.2. The second kappa shape index (κ2) is 3.69. The lowest BCUT2D eigenvalue weighted by Crippen LogP contribution is -2.34. The van der Waals surface area contributed by atoms with Gasteiger partial charge in [0.05, 0.1) is 6.26 Å². The highest BCUT2D eigenvalue weighted by atomic mass is 32.2. The highest BCUT2D eigenvalue weighted by Crippen LogP contribution is 2.41. The van der Waals surface area contributed by atoms with Crippen LogP contribution in [-0.2, 0) is 11.2 Å². The molecule has 76 valence electrons. The van der Waals surface area contributed by atoms with E-state index in [-0.39, 0.29) is 0 Å². The number of carbonyl (C=O) groups is 1. The van der Waals surface area contributed by atoms with Gasteiger partial charge >= 0.3 is 5.97 Å². The Morgan fingerprint density at radius 2 is 2.57 bits per heavy atom. The number of hydrogen-bond donors (Lipinski definition) is 1. The molecule has 1 fully saturated rings. The first-order valence-electron chi connectivity index (χ1n) is 4.63. The molecule has 0 aliphatic carbocycles. The minimum atomic E-state index is -0.712. The summed E-state index contributed by atoms with van der Waals surface area (Å²) >= 11 is 1.54. The van der Waals surface area contributed by atoms with E-state index in [0.29, 0.717) is 6.42 Å². The van der Waals surface area contributed by atoms with Gasteiger partial charge in [-0.05, 0) is 30.7 Å². The maximum atomic E-state index is 11.2. The monoisotopic (exact) mass is 212 g/mol. The van der Waals surface area contributed by atoms with Crippen molar-refractivity contribution in [2.75, 3.05) is 5.75 Å². The number of carboxylic acid groups (broad SMARTS) is 1. The van der Waals surface area contributed by atoms with Crippen molar-refractivity contribution in [2.45, 2.75) is 24.0 Å². The molecule has 1 aliphatic rings. The van der Waals surface area contributed by atoms with Gasteiger partial charge in [-0.3, -0.25) is 4.79 Å². The summed E-state index contributed by atoms with van der Waals surface area (Å²) < 4.78 is 4.55. The molecule has 4 heteroatoms. The molecular formula is C10H12O3S. The zero-order valence-corrected chi connectivity index (χ0v) is 8.55. The normalized spacial score (nSPS) is 26.6. The lowest BCUT2D eigenvalue weighted by molar-refractivity contribution is -0.140. The summed E-state index contributed by atoms with van der Waals surface area (Å²) in [5, 5.41) is 9.20. The van der Waals surface area contributed by atoms with Gasteiger partial charge < -0.3 is 9.52 Å². The fourth-order valence-corrected chi connectivity index (χ4v) is 3.11. The Bertz CT molecular complexity index is 312.